The van der Waals surface area contributed by atoms with Gasteiger partial charge in [-0.05, 0) is 58.8 Å². The lowest BCUT2D eigenvalue weighted by Crippen LogP contribution is -2.48. The van der Waals surface area contributed by atoms with Gasteiger partial charge in [-0.15, -0.1) is 0 Å². The Labute approximate surface area is 117 Å². The molecule has 0 bridgehead atoms. The normalized spacial score (nSPS) is 23.8. The molecule has 0 unspecified atom stereocenters. The first-order valence-corrected chi connectivity index (χ1v) is 7.93. The van der Waals surface area contributed by atoms with E-state index >= 15 is 0 Å². The van der Waals surface area contributed by atoms with Crippen molar-refractivity contribution in [3.63, 3.8) is 0 Å². The number of carbonyl (C=O) groups is 1. The minimum atomic E-state index is 0.291. The third-order valence-corrected chi connectivity index (χ3v) is 4.69. The van der Waals surface area contributed by atoms with Crippen LogP contribution < -0.4 is 5.32 Å². The van der Waals surface area contributed by atoms with E-state index in [1.54, 1.807) is 0 Å². The highest BCUT2D eigenvalue weighted by molar-refractivity contribution is 5.79. The van der Waals surface area contributed by atoms with Gasteiger partial charge in [0.1, 0.15) is 0 Å². The minimum absolute atomic E-state index is 0.291. The molecule has 0 atom stereocenters. The Balaban J connectivity index is 1.75. The number of hydrogen-bond donors (Lipinski definition) is 1. The zero-order valence-corrected chi connectivity index (χ0v) is 12.5. The maximum absolute atomic E-state index is 12.5. The van der Waals surface area contributed by atoms with Crippen LogP contribution in [0.2, 0.25) is 0 Å². The topological polar surface area (TPSA) is 35.6 Å². The summed E-state index contributed by atoms with van der Waals surface area (Å²) in [5.74, 6) is 0.713. The molecule has 1 N–H and O–H groups in total. The van der Waals surface area contributed by atoms with E-state index in [1.165, 1.54) is 13.0 Å². The van der Waals surface area contributed by atoms with Gasteiger partial charge < -0.3 is 15.1 Å². The largest absolute Gasteiger partial charge is 0.342 e. The van der Waals surface area contributed by atoms with Crippen LogP contribution in [0, 0.1) is 5.92 Å². The molecule has 0 radical (unpaired) electrons. The van der Waals surface area contributed by atoms with Crippen molar-refractivity contribution in [1.29, 1.82) is 0 Å². The number of piperidine rings is 2. The molecular weight excluding hydrogens is 238 g/mol. The Kier molecular flexibility index (Phi) is 5.64. The van der Waals surface area contributed by atoms with Gasteiger partial charge in [0.25, 0.3) is 0 Å². The average Bonchev–Trinajstić information content (AvgIpc) is 2.48. The smallest absolute Gasteiger partial charge is 0.225 e. The molecule has 19 heavy (non-hydrogen) atoms. The van der Waals surface area contributed by atoms with E-state index in [-0.39, 0.29) is 0 Å². The summed E-state index contributed by atoms with van der Waals surface area (Å²) in [6.45, 7) is 7.52. The molecule has 1 amide bonds. The second-order valence-corrected chi connectivity index (χ2v) is 6.00. The minimum Gasteiger partial charge on any atom is -0.342 e. The predicted molar refractivity (Wildman–Crippen MR) is 78.1 cm³/mol. The molecule has 0 aromatic rings. The van der Waals surface area contributed by atoms with E-state index in [1.807, 2.05) is 7.05 Å². The Morgan fingerprint density at radius 2 is 1.74 bits per heavy atom. The zero-order chi connectivity index (χ0) is 13.7. The summed E-state index contributed by atoms with van der Waals surface area (Å²) in [6, 6.07) is 0.607. The second-order valence-electron chi connectivity index (χ2n) is 6.00. The predicted octanol–water partition coefficient (Wildman–Crippen LogP) is 1.32. The number of amides is 1. The lowest BCUT2D eigenvalue weighted by Gasteiger charge is -2.37. The molecule has 2 heterocycles. The summed E-state index contributed by atoms with van der Waals surface area (Å²) in [5, 5.41) is 3.32. The van der Waals surface area contributed by atoms with Crippen molar-refractivity contribution in [3.05, 3.63) is 0 Å². The first-order chi connectivity index (χ1) is 9.24. The van der Waals surface area contributed by atoms with Crippen LogP contribution in [0.3, 0.4) is 0 Å². The molecular formula is C15H29N3O. The fourth-order valence-electron chi connectivity index (χ4n) is 3.37. The number of carbonyl (C=O) groups excluding carboxylic acids is 1. The quantitative estimate of drug-likeness (QED) is 0.834. The van der Waals surface area contributed by atoms with Crippen LogP contribution in [0.15, 0.2) is 0 Å². The van der Waals surface area contributed by atoms with Crippen LogP contribution in [0.1, 0.15) is 39.0 Å². The maximum Gasteiger partial charge on any atom is 0.225 e. The van der Waals surface area contributed by atoms with Crippen molar-refractivity contribution in [2.24, 2.45) is 5.92 Å². The summed E-state index contributed by atoms with van der Waals surface area (Å²) in [5.41, 5.74) is 0. The van der Waals surface area contributed by atoms with Crippen LogP contribution in [0.5, 0.6) is 0 Å². The molecule has 0 saturated carbocycles. The van der Waals surface area contributed by atoms with Crippen LogP contribution in [-0.2, 0) is 4.79 Å². The SMILES string of the molecule is CCCN1CCC(C(=O)N2CCC(NC)CC2)CC1. The first kappa shape index (κ1) is 14.8. The highest BCUT2D eigenvalue weighted by Gasteiger charge is 2.30. The molecule has 110 valence electrons. The van der Waals surface area contributed by atoms with Crippen LogP contribution in [-0.4, -0.2) is 61.5 Å². The first-order valence-electron chi connectivity index (χ1n) is 7.93. The molecule has 2 fully saturated rings. The van der Waals surface area contributed by atoms with Crippen molar-refractivity contribution in [2.75, 3.05) is 39.8 Å². The molecule has 0 aliphatic carbocycles. The Morgan fingerprint density at radius 3 is 2.26 bits per heavy atom. The molecule has 0 aromatic carbocycles. The lowest BCUT2D eigenvalue weighted by molar-refractivity contribution is -0.138. The fraction of sp³-hybridized carbons (Fsp3) is 0.933. The molecule has 4 nitrogen and oxygen atoms in total. The highest BCUT2D eigenvalue weighted by atomic mass is 16.2. The fourth-order valence-corrected chi connectivity index (χ4v) is 3.37. The third-order valence-electron chi connectivity index (χ3n) is 4.69. The molecule has 0 aromatic heterocycles. The van der Waals surface area contributed by atoms with E-state index in [9.17, 15) is 4.79 Å². The summed E-state index contributed by atoms with van der Waals surface area (Å²) in [4.78, 5) is 17.1. The van der Waals surface area contributed by atoms with Crippen LogP contribution in [0.25, 0.3) is 0 Å². The summed E-state index contributed by atoms with van der Waals surface area (Å²) < 4.78 is 0. The van der Waals surface area contributed by atoms with Gasteiger partial charge >= 0.3 is 0 Å². The molecule has 4 heteroatoms. The highest BCUT2D eigenvalue weighted by Crippen LogP contribution is 2.22. The molecule has 2 rings (SSSR count). The van der Waals surface area contributed by atoms with E-state index in [0.29, 0.717) is 17.9 Å². The van der Waals surface area contributed by atoms with E-state index < -0.39 is 0 Å². The van der Waals surface area contributed by atoms with E-state index in [0.717, 1.165) is 51.9 Å². The number of rotatable bonds is 4. The Morgan fingerprint density at radius 1 is 1.11 bits per heavy atom. The molecule has 2 saturated heterocycles. The van der Waals surface area contributed by atoms with Gasteiger partial charge in [-0.25, -0.2) is 0 Å². The number of hydrogen-bond acceptors (Lipinski definition) is 3. The number of nitrogens with zero attached hydrogens (tertiary/aromatic N) is 2. The van der Waals surface area contributed by atoms with Gasteiger partial charge in [0.2, 0.25) is 5.91 Å². The summed E-state index contributed by atoms with van der Waals surface area (Å²) >= 11 is 0. The average molecular weight is 267 g/mol. The lowest BCUT2D eigenvalue weighted by atomic mass is 9.93. The van der Waals surface area contributed by atoms with Gasteiger partial charge in [0.05, 0.1) is 0 Å². The number of likely N-dealkylation sites (tertiary alicyclic amines) is 2. The van der Waals surface area contributed by atoms with Gasteiger partial charge in [0.15, 0.2) is 0 Å². The van der Waals surface area contributed by atoms with Gasteiger partial charge in [-0.3, -0.25) is 4.79 Å². The Bertz CT molecular complexity index is 279. The van der Waals surface area contributed by atoms with Crippen molar-refractivity contribution in [2.45, 2.75) is 45.1 Å². The van der Waals surface area contributed by atoms with Crippen molar-refractivity contribution in [3.8, 4) is 0 Å². The number of nitrogens with one attached hydrogen (secondary N) is 1. The van der Waals surface area contributed by atoms with E-state index in [4.69, 9.17) is 0 Å². The van der Waals surface area contributed by atoms with Crippen LogP contribution in [0.4, 0.5) is 0 Å². The Hall–Kier alpha value is -0.610. The molecule has 0 spiro atoms. The standard InChI is InChI=1S/C15H29N3O/c1-3-8-17-9-4-13(5-10-17)15(19)18-11-6-14(16-2)7-12-18/h13-14,16H,3-12H2,1-2H3. The maximum atomic E-state index is 12.5. The monoisotopic (exact) mass is 267 g/mol. The molecule has 2 aliphatic heterocycles. The van der Waals surface area contributed by atoms with Crippen molar-refractivity contribution >= 4 is 5.91 Å². The third kappa shape index (κ3) is 3.93. The van der Waals surface area contributed by atoms with Gasteiger partial charge in [-0.2, -0.15) is 0 Å². The van der Waals surface area contributed by atoms with Gasteiger partial charge in [-0.1, -0.05) is 6.92 Å². The zero-order valence-electron chi connectivity index (χ0n) is 12.5. The van der Waals surface area contributed by atoms with Gasteiger partial charge in [0, 0.05) is 25.0 Å². The van der Waals surface area contributed by atoms with Crippen molar-refractivity contribution in [1.82, 2.24) is 15.1 Å². The summed E-state index contributed by atoms with van der Waals surface area (Å²) in [7, 11) is 2.02. The second kappa shape index (κ2) is 7.25. The summed E-state index contributed by atoms with van der Waals surface area (Å²) in [6.07, 6.45) is 5.56. The van der Waals surface area contributed by atoms with E-state index in [2.05, 4.69) is 22.0 Å². The van der Waals surface area contributed by atoms with Crippen LogP contribution >= 0.6 is 0 Å². The molecule has 2 aliphatic rings. The van der Waals surface area contributed by atoms with Crippen molar-refractivity contribution < 1.29 is 4.79 Å².